The van der Waals surface area contributed by atoms with E-state index in [0.29, 0.717) is 28.4 Å². The van der Waals surface area contributed by atoms with Crippen molar-refractivity contribution in [3.05, 3.63) is 76.5 Å². The van der Waals surface area contributed by atoms with E-state index in [0.717, 1.165) is 26.2 Å². The zero-order valence-corrected chi connectivity index (χ0v) is 18.8. The van der Waals surface area contributed by atoms with E-state index in [9.17, 15) is 9.59 Å². The number of hydrogen-bond acceptors (Lipinski definition) is 5. The second-order valence-electron chi connectivity index (χ2n) is 7.76. The van der Waals surface area contributed by atoms with Gasteiger partial charge in [-0.1, -0.05) is 48.0 Å². The van der Waals surface area contributed by atoms with Crippen LogP contribution in [0.1, 0.15) is 18.5 Å². The van der Waals surface area contributed by atoms with E-state index in [1.807, 2.05) is 36.4 Å². The third kappa shape index (κ3) is 4.89. The first-order chi connectivity index (χ1) is 15.6. The molecule has 2 aliphatic heterocycles. The maximum absolute atomic E-state index is 12.9. The molecular weight excluding hydrogens is 428 g/mol. The topological polar surface area (TPSA) is 73.9 Å². The van der Waals surface area contributed by atoms with Gasteiger partial charge in [-0.15, -0.1) is 0 Å². The molecule has 7 nitrogen and oxygen atoms in total. The van der Waals surface area contributed by atoms with Gasteiger partial charge in [0.05, 0.1) is 18.2 Å². The van der Waals surface area contributed by atoms with Crippen LogP contribution in [0.3, 0.4) is 0 Å². The molecule has 4 rings (SSSR count). The summed E-state index contributed by atoms with van der Waals surface area (Å²) in [7, 11) is 0. The van der Waals surface area contributed by atoms with Crippen LogP contribution in [-0.4, -0.2) is 56.2 Å². The van der Waals surface area contributed by atoms with Gasteiger partial charge in [0.25, 0.3) is 0 Å². The average molecular weight is 455 g/mol. The second kappa shape index (κ2) is 10.1. The van der Waals surface area contributed by atoms with Crippen LogP contribution in [0, 0.1) is 0 Å². The van der Waals surface area contributed by atoms with Crippen molar-refractivity contribution in [2.45, 2.75) is 13.0 Å². The van der Waals surface area contributed by atoms with Crippen LogP contribution >= 0.6 is 11.6 Å². The molecule has 0 aliphatic carbocycles. The van der Waals surface area contributed by atoms with E-state index < -0.39 is 12.0 Å². The molecule has 2 aliphatic rings. The van der Waals surface area contributed by atoms with Crippen molar-refractivity contribution in [3.8, 4) is 0 Å². The van der Waals surface area contributed by atoms with Crippen LogP contribution in [0.2, 0.25) is 5.02 Å². The predicted molar refractivity (Wildman–Crippen MR) is 125 cm³/mol. The van der Waals surface area contributed by atoms with Gasteiger partial charge in [-0.2, -0.15) is 0 Å². The van der Waals surface area contributed by atoms with Gasteiger partial charge in [-0.05, 0) is 30.7 Å². The number of piperazine rings is 1. The van der Waals surface area contributed by atoms with E-state index in [-0.39, 0.29) is 12.6 Å². The highest BCUT2D eigenvalue weighted by molar-refractivity contribution is 6.31. The highest BCUT2D eigenvalue weighted by atomic mass is 35.5. The van der Waals surface area contributed by atoms with Crippen molar-refractivity contribution in [1.82, 2.24) is 15.5 Å². The molecule has 0 bridgehead atoms. The lowest BCUT2D eigenvalue weighted by molar-refractivity contribution is -0.139. The molecule has 0 unspecified atom stereocenters. The fourth-order valence-electron chi connectivity index (χ4n) is 4.16. The smallest absolute Gasteiger partial charge is 0.338 e. The van der Waals surface area contributed by atoms with Crippen LogP contribution < -0.4 is 15.5 Å². The number of rotatable bonds is 6. The maximum atomic E-state index is 12.9. The minimum atomic E-state index is -0.669. The zero-order valence-electron chi connectivity index (χ0n) is 18.0. The fourth-order valence-corrected chi connectivity index (χ4v) is 4.41. The molecule has 1 atom stereocenters. The van der Waals surface area contributed by atoms with Crippen molar-refractivity contribution in [1.29, 1.82) is 0 Å². The molecule has 0 aromatic heterocycles. The van der Waals surface area contributed by atoms with Crippen LogP contribution in [0.15, 0.2) is 65.9 Å². The molecule has 1 saturated heterocycles. The lowest BCUT2D eigenvalue weighted by Crippen LogP contribution is -2.51. The molecule has 2 N–H and O–H groups in total. The SMILES string of the molecule is CCOC(=O)C1=C(CN2CCN(c3ccccc3)CC2)NC(=O)N[C@H]1c1ccccc1Cl. The van der Waals surface area contributed by atoms with Crippen molar-refractivity contribution in [2.75, 3.05) is 44.2 Å². The number of amides is 2. The number of anilines is 1. The summed E-state index contributed by atoms with van der Waals surface area (Å²) in [5, 5.41) is 6.17. The summed E-state index contributed by atoms with van der Waals surface area (Å²) in [6.45, 7) is 5.82. The first kappa shape index (κ1) is 22.2. The van der Waals surface area contributed by atoms with Crippen molar-refractivity contribution in [3.63, 3.8) is 0 Å². The Balaban J connectivity index is 1.57. The zero-order chi connectivity index (χ0) is 22.5. The third-order valence-electron chi connectivity index (χ3n) is 5.74. The number of halogens is 1. The van der Waals surface area contributed by atoms with Gasteiger partial charge >= 0.3 is 12.0 Å². The van der Waals surface area contributed by atoms with Crippen molar-refractivity contribution < 1.29 is 14.3 Å². The van der Waals surface area contributed by atoms with Crippen molar-refractivity contribution in [2.24, 2.45) is 0 Å². The minimum absolute atomic E-state index is 0.245. The summed E-state index contributed by atoms with van der Waals surface area (Å²) in [6.07, 6.45) is 0. The number of ether oxygens (including phenoxy) is 1. The maximum Gasteiger partial charge on any atom is 0.338 e. The Bertz CT molecular complexity index is 1000. The Morgan fingerprint density at radius 1 is 1.06 bits per heavy atom. The molecule has 0 spiro atoms. The lowest BCUT2D eigenvalue weighted by Gasteiger charge is -2.38. The van der Waals surface area contributed by atoms with Crippen LogP contribution in [0.5, 0.6) is 0 Å². The number of para-hydroxylation sites is 1. The molecule has 32 heavy (non-hydrogen) atoms. The standard InChI is InChI=1S/C24H27ClN4O3/c1-2-32-23(30)21-20(26-24(31)27-22(21)18-10-6-7-11-19(18)25)16-28-12-14-29(15-13-28)17-8-4-3-5-9-17/h3-11,22H,2,12-16H2,1H3,(H2,26,27,31)/t22-/m0/s1. The van der Waals surface area contributed by atoms with Crippen LogP contribution in [0.4, 0.5) is 10.5 Å². The quantitative estimate of drug-likeness (QED) is 0.655. The molecule has 2 aromatic carbocycles. The van der Waals surface area contributed by atoms with Crippen LogP contribution in [0.25, 0.3) is 0 Å². The van der Waals surface area contributed by atoms with Crippen molar-refractivity contribution >= 4 is 29.3 Å². The summed E-state index contributed by atoms with van der Waals surface area (Å²) >= 11 is 6.40. The van der Waals surface area contributed by atoms with Crippen LogP contribution in [-0.2, 0) is 9.53 Å². The number of carbonyl (C=O) groups is 2. The first-order valence-corrected chi connectivity index (χ1v) is 11.2. The molecule has 1 fully saturated rings. The van der Waals surface area contributed by atoms with Gasteiger partial charge in [-0.25, -0.2) is 9.59 Å². The van der Waals surface area contributed by atoms with E-state index in [2.05, 4.69) is 32.6 Å². The predicted octanol–water partition coefficient (Wildman–Crippen LogP) is 3.33. The fraction of sp³-hybridized carbons (Fsp3) is 0.333. The number of carbonyl (C=O) groups excluding carboxylic acids is 2. The highest BCUT2D eigenvalue weighted by Crippen LogP contribution is 2.32. The Morgan fingerprint density at radius 3 is 2.44 bits per heavy atom. The van der Waals surface area contributed by atoms with Gasteiger partial charge in [-0.3, -0.25) is 4.90 Å². The van der Waals surface area contributed by atoms with E-state index in [4.69, 9.17) is 16.3 Å². The van der Waals surface area contributed by atoms with E-state index in [1.54, 1.807) is 13.0 Å². The summed E-state index contributed by atoms with van der Waals surface area (Å²) in [5.41, 5.74) is 2.82. The van der Waals surface area contributed by atoms with Gasteiger partial charge < -0.3 is 20.3 Å². The van der Waals surface area contributed by atoms with E-state index >= 15 is 0 Å². The molecule has 2 heterocycles. The molecule has 2 amide bonds. The Hall–Kier alpha value is -3.03. The molecule has 168 valence electrons. The highest BCUT2D eigenvalue weighted by Gasteiger charge is 2.35. The number of nitrogens with one attached hydrogen (secondary N) is 2. The average Bonchev–Trinajstić information content (AvgIpc) is 2.80. The Kier molecular flexibility index (Phi) is 6.97. The Morgan fingerprint density at radius 2 is 1.75 bits per heavy atom. The molecule has 0 radical (unpaired) electrons. The number of esters is 1. The molecule has 8 heteroatoms. The largest absolute Gasteiger partial charge is 0.463 e. The summed E-state index contributed by atoms with van der Waals surface area (Å²) < 4.78 is 5.34. The lowest BCUT2D eigenvalue weighted by atomic mass is 9.94. The molecule has 2 aromatic rings. The van der Waals surface area contributed by atoms with Gasteiger partial charge in [0.2, 0.25) is 0 Å². The molecule has 0 saturated carbocycles. The summed E-state index contributed by atoms with van der Waals surface area (Å²) in [4.78, 5) is 30.0. The van der Waals surface area contributed by atoms with E-state index in [1.165, 1.54) is 5.69 Å². The summed E-state index contributed by atoms with van der Waals surface area (Å²) in [6, 6.07) is 16.5. The number of hydrogen-bond donors (Lipinski definition) is 2. The van der Waals surface area contributed by atoms with Gasteiger partial charge in [0.15, 0.2) is 0 Å². The summed E-state index contributed by atoms with van der Waals surface area (Å²) in [5.74, 6) is -0.456. The monoisotopic (exact) mass is 454 g/mol. The van der Waals surface area contributed by atoms with Gasteiger partial charge in [0, 0.05) is 49.1 Å². The second-order valence-corrected chi connectivity index (χ2v) is 8.17. The number of benzene rings is 2. The Labute approximate surface area is 193 Å². The van der Waals surface area contributed by atoms with Gasteiger partial charge in [0.1, 0.15) is 0 Å². The molecular formula is C24H27ClN4O3. The normalized spacial score (nSPS) is 19.4. The number of nitrogens with zero attached hydrogens (tertiary/aromatic N) is 2. The number of urea groups is 1. The minimum Gasteiger partial charge on any atom is -0.463 e. The first-order valence-electron chi connectivity index (χ1n) is 10.8. The third-order valence-corrected chi connectivity index (χ3v) is 6.08.